The summed E-state index contributed by atoms with van der Waals surface area (Å²) in [6, 6.07) is 5.39. The van der Waals surface area contributed by atoms with E-state index in [2.05, 4.69) is 0 Å². The monoisotopic (exact) mass is 319 g/mol. The third-order valence-electron chi connectivity index (χ3n) is 3.42. The van der Waals surface area contributed by atoms with Crippen LogP contribution in [-0.2, 0) is 19.5 Å². The first kappa shape index (κ1) is 18.0. The zero-order chi connectivity index (χ0) is 16.0. The van der Waals surface area contributed by atoms with Crippen molar-refractivity contribution >= 4 is 10.0 Å². The van der Waals surface area contributed by atoms with E-state index in [1.165, 1.54) is 37.7 Å². The lowest BCUT2D eigenvalue weighted by molar-refractivity contribution is 0.0413. The number of nitrogens with zero attached hydrogens (tertiary/aromatic N) is 1. The molecule has 0 radical (unpaired) electrons. The summed E-state index contributed by atoms with van der Waals surface area (Å²) >= 11 is 0. The average Bonchev–Trinajstić information content (AvgIpc) is 2.45. The van der Waals surface area contributed by atoms with Crippen molar-refractivity contribution < 1.29 is 22.3 Å². The molecule has 0 bridgehead atoms. The van der Waals surface area contributed by atoms with Gasteiger partial charge in [0.1, 0.15) is 5.82 Å². The van der Waals surface area contributed by atoms with Crippen LogP contribution in [0.1, 0.15) is 18.5 Å². The van der Waals surface area contributed by atoms with Gasteiger partial charge in [0, 0.05) is 27.3 Å². The Morgan fingerprint density at radius 1 is 1.24 bits per heavy atom. The fraction of sp³-hybridized carbons (Fsp3) is 0.571. The molecule has 1 aromatic rings. The lowest BCUT2D eigenvalue weighted by Crippen LogP contribution is -2.37. The second-order valence-corrected chi connectivity index (χ2v) is 6.91. The Kier molecular flexibility index (Phi) is 6.73. The van der Waals surface area contributed by atoms with Crippen LogP contribution in [0.2, 0.25) is 0 Å². The smallest absolute Gasteiger partial charge is 0.217 e. The number of ether oxygens (including phenoxy) is 2. The van der Waals surface area contributed by atoms with Gasteiger partial charge in [-0.2, -0.15) is 4.31 Å². The summed E-state index contributed by atoms with van der Waals surface area (Å²) in [6.07, 6.45) is -0.525. The van der Waals surface area contributed by atoms with Gasteiger partial charge in [0.25, 0.3) is 0 Å². The predicted octanol–water partition coefficient (Wildman–Crippen LogP) is 1.81. The fourth-order valence-corrected chi connectivity index (χ4v) is 3.46. The van der Waals surface area contributed by atoms with E-state index < -0.39 is 22.2 Å². The lowest BCUT2D eigenvalue weighted by atomic mass is 10.1. The molecule has 1 rings (SSSR count). The topological polar surface area (TPSA) is 55.8 Å². The van der Waals surface area contributed by atoms with Crippen molar-refractivity contribution in [1.82, 2.24) is 4.31 Å². The van der Waals surface area contributed by atoms with Gasteiger partial charge in [-0.1, -0.05) is 12.1 Å². The van der Waals surface area contributed by atoms with Gasteiger partial charge >= 0.3 is 0 Å². The van der Waals surface area contributed by atoms with Crippen LogP contribution in [0, 0.1) is 5.82 Å². The quantitative estimate of drug-likeness (QED) is 0.733. The van der Waals surface area contributed by atoms with Gasteiger partial charge in [-0.15, -0.1) is 0 Å². The molecule has 0 fully saturated rings. The molecule has 0 aliphatic carbocycles. The third-order valence-corrected chi connectivity index (χ3v) is 5.41. The highest BCUT2D eigenvalue weighted by Crippen LogP contribution is 2.22. The normalized spacial score (nSPS) is 15.1. The van der Waals surface area contributed by atoms with Crippen LogP contribution in [0.25, 0.3) is 0 Å². The van der Waals surface area contributed by atoms with Gasteiger partial charge < -0.3 is 9.47 Å². The van der Waals surface area contributed by atoms with E-state index in [0.29, 0.717) is 0 Å². The lowest BCUT2D eigenvalue weighted by Gasteiger charge is -2.26. The fourth-order valence-electron chi connectivity index (χ4n) is 1.91. The van der Waals surface area contributed by atoms with E-state index in [1.807, 2.05) is 0 Å². The molecule has 21 heavy (non-hydrogen) atoms. The van der Waals surface area contributed by atoms with Crippen LogP contribution < -0.4 is 0 Å². The molecule has 5 nitrogen and oxygen atoms in total. The second-order valence-electron chi connectivity index (χ2n) is 4.84. The Hall–Kier alpha value is -1.02. The third kappa shape index (κ3) is 5.03. The Labute approximate surface area is 125 Å². The van der Waals surface area contributed by atoms with Crippen LogP contribution in [0.3, 0.4) is 0 Å². The molecule has 2 unspecified atom stereocenters. The maximum atomic E-state index is 12.9. The maximum Gasteiger partial charge on any atom is 0.217 e. The van der Waals surface area contributed by atoms with Crippen molar-refractivity contribution in [2.45, 2.75) is 19.1 Å². The van der Waals surface area contributed by atoms with Crippen molar-refractivity contribution in [2.75, 3.05) is 33.6 Å². The van der Waals surface area contributed by atoms with Crippen LogP contribution >= 0.6 is 0 Å². The van der Waals surface area contributed by atoms with Gasteiger partial charge in [-0.05, 0) is 24.6 Å². The minimum absolute atomic E-state index is 0.167. The van der Waals surface area contributed by atoms with Gasteiger partial charge in [0.05, 0.1) is 18.5 Å². The minimum atomic E-state index is -3.52. The summed E-state index contributed by atoms with van der Waals surface area (Å²) in [5.41, 5.74) is 0.725. The highest BCUT2D eigenvalue weighted by molar-refractivity contribution is 7.89. The number of rotatable bonds is 8. The van der Waals surface area contributed by atoms with Crippen molar-refractivity contribution in [3.05, 3.63) is 35.6 Å². The summed E-state index contributed by atoms with van der Waals surface area (Å²) in [4.78, 5) is 0. The van der Waals surface area contributed by atoms with E-state index >= 15 is 0 Å². The average molecular weight is 319 g/mol. The van der Waals surface area contributed by atoms with Crippen LogP contribution in [0.4, 0.5) is 4.39 Å². The van der Waals surface area contributed by atoms with E-state index in [0.717, 1.165) is 5.56 Å². The van der Waals surface area contributed by atoms with Crippen molar-refractivity contribution in [3.63, 3.8) is 0 Å². The highest BCUT2D eigenvalue weighted by atomic mass is 32.2. The van der Waals surface area contributed by atoms with Gasteiger partial charge in [0.15, 0.2) is 0 Å². The molecule has 0 heterocycles. The van der Waals surface area contributed by atoms with Crippen molar-refractivity contribution in [2.24, 2.45) is 0 Å². The summed E-state index contributed by atoms with van der Waals surface area (Å²) in [6.45, 7) is 1.96. The van der Waals surface area contributed by atoms with E-state index in [4.69, 9.17) is 9.47 Å². The Morgan fingerprint density at radius 3 is 2.29 bits per heavy atom. The molecule has 0 saturated heterocycles. The Bertz CT molecular complexity index is 532. The molecule has 0 aliphatic rings. The predicted molar refractivity (Wildman–Crippen MR) is 79.0 cm³/mol. The van der Waals surface area contributed by atoms with Crippen LogP contribution in [-0.4, -0.2) is 52.5 Å². The first-order valence-electron chi connectivity index (χ1n) is 6.54. The highest BCUT2D eigenvalue weighted by Gasteiger charge is 2.27. The van der Waals surface area contributed by atoms with Crippen LogP contribution in [0.5, 0.6) is 0 Å². The summed E-state index contributed by atoms with van der Waals surface area (Å²) in [7, 11) is 0.923. The number of sulfonamides is 1. The molecule has 0 spiro atoms. The molecule has 2 atom stereocenters. The Morgan fingerprint density at radius 2 is 1.81 bits per heavy atom. The number of hydrogen-bond acceptors (Lipinski definition) is 4. The van der Waals surface area contributed by atoms with Gasteiger partial charge in [-0.3, -0.25) is 0 Å². The molecule has 120 valence electrons. The van der Waals surface area contributed by atoms with Gasteiger partial charge in [-0.25, -0.2) is 12.8 Å². The van der Waals surface area contributed by atoms with E-state index in [1.54, 1.807) is 19.1 Å². The molecule has 7 heteroatoms. The molecular formula is C14H22FNO4S. The SMILES string of the molecule is COCC(CS(=O)(=O)N(C)C(C)c1ccc(F)cc1)OC. The van der Waals surface area contributed by atoms with Crippen LogP contribution in [0.15, 0.2) is 24.3 Å². The minimum Gasteiger partial charge on any atom is -0.382 e. The molecule has 0 aromatic heterocycles. The van der Waals surface area contributed by atoms with E-state index in [-0.39, 0.29) is 18.2 Å². The summed E-state index contributed by atoms with van der Waals surface area (Å²) in [5, 5.41) is 0. The van der Waals surface area contributed by atoms with Gasteiger partial charge in [0.2, 0.25) is 10.0 Å². The molecule has 0 saturated carbocycles. The number of benzene rings is 1. The molecule has 1 aromatic carbocycles. The molecule has 0 aliphatic heterocycles. The summed E-state index contributed by atoms with van der Waals surface area (Å²) in [5.74, 6) is -0.518. The Balaban J connectivity index is 2.84. The van der Waals surface area contributed by atoms with Crippen molar-refractivity contribution in [1.29, 1.82) is 0 Å². The molecule has 0 N–H and O–H groups in total. The first-order chi connectivity index (χ1) is 9.81. The first-order valence-corrected chi connectivity index (χ1v) is 8.15. The molecular weight excluding hydrogens is 297 g/mol. The standard InChI is InChI=1S/C14H22FNO4S/c1-11(12-5-7-13(15)8-6-12)16(2)21(17,18)10-14(20-4)9-19-3/h5-8,11,14H,9-10H2,1-4H3. The zero-order valence-corrected chi connectivity index (χ0v) is 13.6. The summed E-state index contributed by atoms with van der Waals surface area (Å²) < 4.78 is 49.0. The zero-order valence-electron chi connectivity index (χ0n) is 12.7. The maximum absolute atomic E-state index is 12.9. The van der Waals surface area contributed by atoms with Crippen molar-refractivity contribution in [3.8, 4) is 0 Å². The largest absolute Gasteiger partial charge is 0.382 e. The number of halogens is 1. The number of methoxy groups -OCH3 is 2. The second kappa shape index (κ2) is 7.84. The number of hydrogen-bond donors (Lipinski definition) is 0. The molecule has 0 amide bonds. The van der Waals surface area contributed by atoms with E-state index in [9.17, 15) is 12.8 Å².